The van der Waals surface area contributed by atoms with Crippen LogP contribution in [0, 0.1) is 0 Å². The molecule has 2 amide bonds. The van der Waals surface area contributed by atoms with Gasteiger partial charge in [-0.1, -0.05) is 18.2 Å². The Morgan fingerprint density at radius 1 is 1.26 bits per heavy atom. The van der Waals surface area contributed by atoms with Crippen LogP contribution in [0.5, 0.6) is 0 Å². The fourth-order valence-corrected chi connectivity index (χ4v) is 1.64. The van der Waals surface area contributed by atoms with E-state index in [9.17, 15) is 4.79 Å². The monoisotopic (exact) mass is 258 g/mol. The Labute approximate surface area is 110 Å². The number of rotatable bonds is 4. The summed E-state index contributed by atoms with van der Waals surface area (Å²) >= 11 is 0. The minimum Gasteiger partial charge on any atom is -0.419 e. The van der Waals surface area contributed by atoms with E-state index in [4.69, 9.17) is 4.42 Å². The number of urea groups is 1. The van der Waals surface area contributed by atoms with Gasteiger partial charge in [-0.05, 0) is 25.0 Å². The Hall–Kier alpha value is -2.37. The number of carbonyl (C=O) groups excluding carboxylic acids is 1. The first-order valence-corrected chi connectivity index (χ1v) is 6.23. The average molecular weight is 258 g/mol. The molecule has 6 nitrogen and oxygen atoms in total. The maximum Gasteiger partial charge on any atom is 0.315 e. The van der Waals surface area contributed by atoms with E-state index in [2.05, 4.69) is 20.8 Å². The highest BCUT2D eigenvalue weighted by atomic mass is 16.4. The second kappa shape index (κ2) is 5.09. The Morgan fingerprint density at radius 2 is 2.05 bits per heavy atom. The summed E-state index contributed by atoms with van der Waals surface area (Å²) in [7, 11) is 0. The molecule has 1 saturated carbocycles. The lowest BCUT2D eigenvalue weighted by Gasteiger charge is -2.03. The van der Waals surface area contributed by atoms with E-state index in [1.807, 2.05) is 30.3 Å². The molecule has 0 bridgehead atoms. The second-order valence-corrected chi connectivity index (χ2v) is 4.47. The summed E-state index contributed by atoms with van der Waals surface area (Å²) in [6, 6.07) is 9.66. The number of carbonyl (C=O) groups is 1. The van der Waals surface area contributed by atoms with Gasteiger partial charge in [0, 0.05) is 11.6 Å². The summed E-state index contributed by atoms with van der Waals surface area (Å²) in [5, 5.41) is 13.4. The van der Waals surface area contributed by atoms with Crippen LogP contribution in [0.1, 0.15) is 18.7 Å². The molecule has 0 atom stereocenters. The van der Waals surface area contributed by atoms with Crippen LogP contribution in [-0.4, -0.2) is 22.3 Å². The summed E-state index contributed by atoms with van der Waals surface area (Å²) in [5.74, 6) is 0.852. The summed E-state index contributed by atoms with van der Waals surface area (Å²) < 4.78 is 5.48. The van der Waals surface area contributed by atoms with Gasteiger partial charge in [0.2, 0.25) is 11.8 Å². The van der Waals surface area contributed by atoms with Crippen LogP contribution in [0.25, 0.3) is 11.5 Å². The minimum atomic E-state index is -0.193. The van der Waals surface area contributed by atoms with Crippen molar-refractivity contribution >= 4 is 6.03 Å². The van der Waals surface area contributed by atoms with Crippen molar-refractivity contribution in [3.05, 3.63) is 36.2 Å². The van der Waals surface area contributed by atoms with E-state index in [0.717, 1.165) is 18.4 Å². The van der Waals surface area contributed by atoms with Crippen molar-refractivity contribution in [2.24, 2.45) is 0 Å². The van der Waals surface area contributed by atoms with E-state index < -0.39 is 0 Å². The van der Waals surface area contributed by atoms with Crippen molar-refractivity contribution in [1.82, 2.24) is 20.8 Å². The first kappa shape index (κ1) is 11.7. The topological polar surface area (TPSA) is 80.1 Å². The summed E-state index contributed by atoms with van der Waals surface area (Å²) in [5.41, 5.74) is 0.865. The third-order valence-electron chi connectivity index (χ3n) is 2.80. The number of amides is 2. The maximum atomic E-state index is 11.4. The molecule has 1 aliphatic carbocycles. The Morgan fingerprint density at radius 3 is 2.79 bits per heavy atom. The van der Waals surface area contributed by atoms with Crippen LogP contribution in [-0.2, 0) is 6.54 Å². The van der Waals surface area contributed by atoms with Crippen molar-refractivity contribution in [3.8, 4) is 11.5 Å². The maximum absolute atomic E-state index is 11.4. The molecule has 6 heteroatoms. The van der Waals surface area contributed by atoms with Gasteiger partial charge in [-0.2, -0.15) is 0 Å². The SMILES string of the molecule is O=C(NCc1nnc(-c2ccccc2)o1)NC1CC1. The van der Waals surface area contributed by atoms with Gasteiger partial charge in [0.25, 0.3) is 0 Å². The molecule has 3 rings (SSSR count). The molecule has 2 N–H and O–H groups in total. The third-order valence-corrected chi connectivity index (χ3v) is 2.80. The molecule has 0 unspecified atom stereocenters. The van der Waals surface area contributed by atoms with Gasteiger partial charge in [-0.15, -0.1) is 10.2 Å². The summed E-state index contributed by atoms with van der Waals surface area (Å²) in [6.45, 7) is 0.235. The zero-order valence-electron chi connectivity index (χ0n) is 10.3. The largest absolute Gasteiger partial charge is 0.419 e. The van der Waals surface area contributed by atoms with Gasteiger partial charge >= 0.3 is 6.03 Å². The minimum absolute atomic E-state index is 0.193. The molecule has 98 valence electrons. The van der Waals surface area contributed by atoms with Gasteiger partial charge in [-0.3, -0.25) is 0 Å². The quantitative estimate of drug-likeness (QED) is 0.874. The molecule has 1 fully saturated rings. The summed E-state index contributed by atoms with van der Waals surface area (Å²) in [4.78, 5) is 11.4. The van der Waals surface area contributed by atoms with E-state index in [0.29, 0.717) is 17.8 Å². The predicted molar refractivity (Wildman–Crippen MR) is 68.1 cm³/mol. The first-order chi connectivity index (χ1) is 9.31. The van der Waals surface area contributed by atoms with Crippen molar-refractivity contribution in [1.29, 1.82) is 0 Å². The standard InChI is InChI=1S/C13H14N4O2/c18-13(15-10-6-7-10)14-8-11-16-17-12(19-11)9-4-2-1-3-5-9/h1-5,10H,6-8H2,(H2,14,15,18). The molecule has 1 aromatic heterocycles. The predicted octanol–water partition coefficient (Wildman–Crippen LogP) is 1.70. The number of hydrogen-bond acceptors (Lipinski definition) is 4. The molecule has 1 aliphatic rings. The Kier molecular flexibility index (Phi) is 3.14. The third kappa shape index (κ3) is 3.09. The summed E-state index contributed by atoms with van der Waals surface area (Å²) in [6.07, 6.45) is 2.12. The van der Waals surface area contributed by atoms with E-state index in [-0.39, 0.29) is 12.6 Å². The van der Waals surface area contributed by atoms with Crippen LogP contribution < -0.4 is 10.6 Å². The average Bonchev–Trinajstić information content (AvgIpc) is 3.12. The highest BCUT2D eigenvalue weighted by molar-refractivity contribution is 5.74. The lowest BCUT2D eigenvalue weighted by Crippen LogP contribution is -2.36. The molecule has 2 aromatic rings. The second-order valence-electron chi connectivity index (χ2n) is 4.47. The van der Waals surface area contributed by atoms with E-state index in [1.165, 1.54) is 0 Å². The molecule has 1 aromatic carbocycles. The van der Waals surface area contributed by atoms with Gasteiger partial charge in [0.1, 0.15) is 0 Å². The number of nitrogens with zero attached hydrogens (tertiary/aromatic N) is 2. The lowest BCUT2D eigenvalue weighted by molar-refractivity contribution is 0.239. The first-order valence-electron chi connectivity index (χ1n) is 6.23. The van der Waals surface area contributed by atoms with Crippen molar-refractivity contribution in [3.63, 3.8) is 0 Å². The Bertz CT molecular complexity index is 563. The highest BCUT2D eigenvalue weighted by Gasteiger charge is 2.23. The zero-order chi connectivity index (χ0) is 13.1. The lowest BCUT2D eigenvalue weighted by atomic mass is 10.2. The van der Waals surface area contributed by atoms with Gasteiger partial charge < -0.3 is 15.1 Å². The van der Waals surface area contributed by atoms with Gasteiger partial charge in [0.05, 0.1) is 6.54 Å². The highest BCUT2D eigenvalue weighted by Crippen LogP contribution is 2.18. The Balaban J connectivity index is 1.57. The van der Waals surface area contributed by atoms with Gasteiger partial charge in [0.15, 0.2) is 0 Å². The van der Waals surface area contributed by atoms with Gasteiger partial charge in [-0.25, -0.2) is 4.79 Å². The van der Waals surface area contributed by atoms with Crippen molar-refractivity contribution in [2.75, 3.05) is 0 Å². The molecular weight excluding hydrogens is 244 g/mol. The van der Waals surface area contributed by atoms with E-state index >= 15 is 0 Å². The van der Waals surface area contributed by atoms with Crippen LogP contribution >= 0.6 is 0 Å². The van der Waals surface area contributed by atoms with Crippen LogP contribution in [0.3, 0.4) is 0 Å². The van der Waals surface area contributed by atoms with Crippen LogP contribution in [0.4, 0.5) is 4.79 Å². The number of aromatic nitrogens is 2. The molecule has 0 radical (unpaired) electrons. The molecule has 0 saturated heterocycles. The molecule has 0 spiro atoms. The molecule has 1 heterocycles. The molecule has 0 aliphatic heterocycles. The molecule has 19 heavy (non-hydrogen) atoms. The van der Waals surface area contributed by atoms with Crippen molar-refractivity contribution in [2.45, 2.75) is 25.4 Å². The smallest absolute Gasteiger partial charge is 0.315 e. The number of nitrogens with one attached hydrogen (secondary N) is 2. The van der Waals surface area contributed by atoms with E-state index in [1.54, 1.807) is 0 Å². The number of hydrogen-bond donors (Lipinski definition) is 2. The normalized spacial score (nSPS) is 14.1. The van der Waals surface area contributed by atoms with Crippen LogP contribution in [0.2, 0.25) is 0 Å². The fourth-order valence-electron chi connectivity index (χ4n) is 1.64. The van der Waals surface area contributed by atoms with Crippen molar-refractivity contribution < 1.29 is 9.21 Å². The molecular formula is C13H14N4O2. The van der Waals surface area contributed by atoms with Crippen LogP contribution in [0.15, 0.2) is 34.7 Å². The zero-order valence-corrected chi connectivity index (χ0v) is 10.3. The number of benzene rings is 1. The fraction of sp³-hybridized carbons (Fsp3) is 0.308.